The van der Waals surface area contributed by atoms with E-state index in [1.165, 1.54) is 5.56 Å². The molecule has 1 aliphatic carbocycles. The van der Waals surface area contributed by atoms with Gasteiger partial charge in [0.1, 0.15) is 12.4 Å². The zero-order valence-electron chi connectivity index (χ0n) is 16.7. The quantitative estimate of drug-likeness (QED) is 0.670. The summed E-state index contributed by atoms with van der Waals surface area (Å²) in [6, 6.07) is 8.37. The van der Waals surface area contributed by atoms with Gasteiger partial charge < -0.3 is 20.1 Å². The molecule has 2 N–H and O–H groups in total. The number of carbonyl (C=O) groups is 2. The maximum absolute atomic E-state index is 11.4. The zero-order chi connectivity index (χ0) is 19.8. The average molecular weight is 389 g/mol. The minimum Gasteiger partial charge on any atom is -0.486 e. The molecule has 6 nitrogen and oxygen atoms in total. The van der Waals surface area contributed by atoms with Crippen LogP contribution in [0.1, 0.15) is 56.9 Å². The molecule has 6 heteroatoms. The van der Waals surface area contributed by atoms with Crippen LogP contribution in [0.5, 0.6) is 5.75 Å². The van der Waals surface area contributed by atoms with Crippen LogP contribution in [0, 0.1) is 0 Å². The monoisotopic (exact) mass is 388 g/mol. The molecule has 2 fully saturated rings. The van der Waals surface area contributed by atoms with E-state index < -0.39 is 0 Å². The number of hydrogen-bond acceptors (Lipinski definition) is 5. The summed E-state index contributed by atoms with van der Waals surface area (Å²) in [4.78, 5) is 22.0. The highest BCUT2D eigenvalue weighted by atomic mass is 16.5. The Hall–Kier alpha value is -1.92. The number of carbonyl (C=O) groups excluding carboxylic acids is 2. The van der Waals surface area contributed by atoms with Crippen molar-refractivity contribution in [1.82, 2.24) is 10.6 Å². The Balaban J connectivity index is 1.48. The summed E-state index contributed by atoms with van der Waals surface area (Å²) in [6.45, 7) is 3.29. The molecule has 1 aliphatic heterocycles. The summed E-state index contributed by atoms with van der Waals surface area (Å²) in [6.07, 6.45) is 7.28. The summed E-state index contributed by atoms with van der Waals surface area (Å²) >= 11 is 0. The van der Waals surface area contributed by atoms with Crippen LogP contribution in [0.4, 0.5) is 0 Å². The molecule has 1 amide bonds. The SMILES string of the molecule is CC(=O)N[C@H]1CCCN[C@H]1COC1CCC(c2ccccc2OCC=O)CC1. The molecule has 1 aromatic carbocycles. The van der Waals surface area contributed by atoms with Gasteiger partial charge in [0, 0.05) is 13.0 Å². The Morgan fingerprint density at radius 2 is 2.00 bits per heavy atom. The molecule has 1 heterocycles. The normalized spacial score (nSPS) is 27.8. The van der Waals surface area contributed by atoms with Crippen LogP contribution in [0.3, 0.4) is 0 Å². The van der Waals surface area contributed by atoms with Crippen LogP contribution in [0.25, 0.3) is 0 Å². The third kappa shape index (κ3) is 5.79. The summed E-state index contributed by atoms with van der Waals surface area (Å²) in [7, 11) is 0. The highest BCUT2D eigenvalue weighted by Crippen LogP contribution is 2.38. The van der Waals surface area contributed by atoms with Gasteiger partial charge in [0.05, 0.1) is 18.8 Å². The molecule has 2 aliphatic rings. The van der Waals surface area contributed by atoms with E-state index in [-0.39, 0.29) is 30.7 Å². The van der Waals surface area contributed by atoms with Gasteiger partial charge in [0.15, 0.2) is 6.29 Å². The predicted octanol–water partition coefficient (Wildman–Crippen LogP) is 2.56. The van der Waals surface area contributed by atoms with Gasteiger partial charge in [-0.1, -0.05) is 18.2 Å². The maximum atomic E-state index is 11.4. The fraction of sp³-hybridized carbons (Fsp3) is 0.636. The van der Waals surface area contributed by atoms with Gasteiger partial charge in [-0.15, -0.1) is 0 Å². The van der Waals surface area contributed by atoms with E-state index in [0.717, 1.165) is 57.1 Å². The van der Waals surface area contributed by atoms with Crippen molar-refractivity contribution in [2.24, 2.45) is 0 Å². The van der Waals surface area contributed by atoms with Crippen molar-refractivity contribution in [3.8, 4) is 5.75 Å². The minimum absolute atomic E-state index is 0.0228. The second-order valence-corrected chi connectivity index (χ2v) is 7.83. The molecule has 1 aromatic rings. The number of para-hydroxylation sites is 1. The fourth-order valence-electron chi connectivity index (χ4n) is 4.42. The molecule has 0 unspecified atom stereocenters. The van der Waals surface area contributed by atoms with Crippen molar-refractivity contribution in [1.29, 1.82) is 0 Å². The van der Waals surface area contributed by atoms with Crippen molar-refractivity contribution in [2.75, 3.05) is 19.8 Å². The minimum atomic E-state index is 0.0228. The lowest BCUT2D eigenvalue weighted by atomic mass is 9.82. The summed E-state index contributed by atoms with van der Waals surface area (Å²) in [5.41, 5.74) is 1.20. The Bertz CT molecular complexity index is 643. The number of benzene rings is 1. The van der Waals surface area contributed by atoms with Gasteiger partial charge in [0.2, 0.25) is 5.91 Å². The lowest BCUT2D eigenvalue weighted by Gasteiger charge is -2.35. The first kappa shape index (κ1) is 20.8. The van der Waals surface area contributed by atoms with Gasteiger partial charge in [-0.2, -0.15) is 0 Å². The third-order valence-electron chi connectivity index (χ3n) is 5.82. The molecule has 1 saturated carbocycles. The Morgan fingerprint density at radius 1 is 1.21 bits per heavy atom. The average Bonchev–Trinajstić information content (AvgIpc) is 2.72. The first-order valence-electron chi connectivity index (χ1n) is 10.4. The summed E-state index contributed by atoms with van der Waals surface area (Å²) in [5, 5.41) is 6.54. The lowest BCUT2D eigenvalue weighted by molar-refractivity contribution is -0.120. The van der Waals surface area contributed by atoms with E-state index >= 15 is 0 Å². The van der Waals surface area contributed by atoms with Crippen LogP contribution < -0.4 is 15.4 Å². The van der Waals surface area contributed by atoms with E-state index in [0.29, 0.717) is 12.5 Å². The predicted molar refractivity (Wildman–Crippen MR) is 108 cm³/mol. The first-order chi connectivity index (χ1) is 13.7. The molecule has 3 rings (SSSR count). The van der Waals surface area contributed by atoms with Crippen LogP contribution >= 0.6 is 0 Å². The van der Waals surface area contributed by atoms with Crippen LogP contribution in [-0.2, 0) is 14.3 Å². The first-order valence-corrected chi connectivity index (χ1v) is 10.4. The number of hydrogen-bond donors (Lipinski definition) is 2. The van der Waals surface area contributed by atoms with Crippen LogP contribution in [0.2, 0.25) is 0 Å². The van der Waals surface area contributed by atoms with Gasteiger partial charge in [0.25, 0.3) is 0 Å². The number of aldehydes is 1. The standard InChI is InChI=1S/C22H32N2O4/c1-16(26)24-20-6-4-12-23-21(20)15-28-18-10-8-17(9-11-18)19-5-2-3-7-22(19)27-14-13-25/h2-3,5,7,13,17-18,20-21,23H,4,6,8-12,14-15H2,1H3,(H,24,26)/t17?,18?,20-,21-/m0/s1. The third-order valence-corrected chi connectivity index (χ3v) is 5.82. The molecule has 0 aromatic heterocycles. The molecule has 0 spiro atoms. The summed E-state index contributed by atoms with van der Waals surface area (Å²) < 4.78 is 11.8. The van der Waals surface area contributed by atoms with Crippen LogP contribution in [0.15, 0.2) is 24.3 Å². The van der Waals surface area contributed by atoms with Crippen LogP contribution in [-0.4, -0.2) is 50.1 Å². The smallest absolute Gasteiger partial charge is 0.217 e. The topological polar surface area (TPSA) is 76.7 Å². The van der Waals surface area contributed by atoms with Crippen molar-refractivity contribution >= 4 is 12.2 Å². The van der Waals surface area contributed by atoms with E-state index in [1.54, 1.807) is 6.92 Å². The number of amides is 1. The summed E-state index contributed by atoms with van der Waals surface area (Å²) in [5.74, 6) is 1.29. The van der Waals surface area contributed by atoms with Crippen molar-refractivity contribution in [3.05, 3.63) is 29.8 Å². The Kier molecular flexibility index (Phi) is 7.86. The number of rotatable bonds is 8. The highest BCUT2D eigenvalue weighted by Gasteiger charge is 2.29. The Labute approximate surface area is 167 Å². The van der Waals surface area contributed by atoms with Gasteiger partial charge in [-0.3, -0.25) is 9.59 Å². The van der Waals surface area contributed by atoms with Crippen molar-refractivity contribution in [3.63, 3.8) is 0 Å². The lowest BCUT2D eigenvalue weighted by Crippen LogP contribution is -2.55. The van der Waals surface area contributed by atoms with E-state index in [1.807, 2.05) is 18.2 Å². The molecule has 2 atom stereocenters. The van der Waals surface area contributed by atoms with Gasteiger partial charge >= 0.3 is 0 Å². The molecule has 154 valence electrons. The molecule has 1 saturated heterocycles. The highest BCUT2D eigenvalue weighted by molar-refractivity contribution is 5.73. The number of nitrogens with one attached hydrogen (secondary N) is 2. The van der Waals surface area contributed by atoms with Crippen molar-refractivity contribution in [2.45, 2.75) is 69.6 Å². The van der Waals surface area contributed by atoms with Crippen molar-refractivity contribution < 1.29 is 19.1 Å². The maximum Gasteiger partial charge on any atom is 0.217 e. The van der Waals surface area contributed by atoms with E-state index in [2.05, 4.69) is 16.7 Å². The fourth-order valence-corrected chi connectivity index (χ4v) is 4.42. The van der Waals surface area contributed by atoms with E-state index in [9.17, 15) is 9.59 Å². The molecular formula is C22H32N2O4. The number of ether oxygens (including phenoxy) is 2. The molecule has 0 radical (unpaired) electrons. The molecular weight excluding hydrogens is 356 g/mol. The zero-order valence-corrected chi connectivity index (χ0v) is 16.7. The van der Waals surface area contributed by atoms with Gasteiger partial charge in [-0.05, 0) is 62.6 Å². The molecule has 28 heavy (non-hydrogen) atoms. The largest absolute Gasteiger partial charge is 0.486 e. The second kappa shape index (κ2) is 10.6. The Morgan fingerprint density at radius 3 is 2.75 bits per heavy atom. The number of piperidine rings is 1. The second-order valence-electron chi connectivity index (χ2n) is 7.83. The van der Waals surface area contributed by atoms with E-state index in [4.69, 9.17) is 9.47 Å². The molecule has 0 bridgehead atoms. The van der Waals surface area contributed by atoms with Gasteiger partial charge in [-0.25, -0.2) is 0 Å².